The van der Waals surface area contributed by atoms with Crippen molar-refractivity contribution in [3.05, 3.63) is 74.5 Å². The summed E-state index contributed by atoms with van der Waals surface area (Å²) >= 11 is 11.3. The second kappa shape index (κ2) is 9.70. The molecule has 7 nitrogen and oxygen atoms in total. The average Bonchev–Trinajstić information content (AvgIpc) is 2.80. The van der Waals surface area contributed by atoms with E-state index in [0.29, 0.717) is 48.7 Å². The van der Waals surface area contributed by atoms with Gasteiger partial charge in [-0.3, -0.25) is 14.6 Å². The first-order valence-corrected chi connectivity index (χ1v) is 12.3. The van der Waals surface area contributed by atoms with E-state index in [1.54, 1.807) is 41.8 Å². The van der Waals surface area contributed by atoms with Crippen molar-refractivity contribution in [1.82, 2.24) is 10.1 Å². The van der Waals surface area contributed by atoms with Gasteiger partial charge in [-0.2, -0.15) is 0 Å². The van der Waals surface area contributed by atoms with E-state index in [9.17, 15) is 9.59 Å². The molecule has 1 amide bonds. The van der Waals surface area contributed by atoms with Crippen LogP contribution in [0.1, 0.15) is 25.1 Å². The molecule has 1 aliphatic heterocycles. The van der Waals surface area contributed by atoms with Crippen molar-refractivity contribution in [2.75, 3.05) is 17.8 Å². The Morgan fingerprint density at radius 2 is 2.18 bits per heavy atom. The number of ether oxygens (including phenoxy) is 1. The van der Waals surface area contributed by atoms with Crippen LogP contribution in [0.3, 0.4) is 0 Å². The number of aromatic amines is 1. The number of methoxy groups -OCH3 is 1. The van der Waals surface area contributed by atoms with Crippen LogP contribution in [-0.2, 0) is 4.79 Å². The molecule has 0 saturated heterocycles. The normalized spacial score (nSPS) is 14.4. The Morgan fingerprint density at radius 3 is 2.88 bits per heavy atom. The van der Waals surface area contributed by atoms with Gasteiger partial charge in [0.1, 0.15) is 5.75 Å². The zero-order chi connectivity index (χ0) is 23.7. The molecular formula is C23H21BrClN4O3S+. The Labute approximate surface area is 208 Å². The molecule has 1 N–H and O–H groups in total. The Morgan fingerprint density at radius 1 is 1.42 bits per heavy atom. The molecule has 4 rings (SSSR count). The predicted octanol–water partition coefficient (Wildman–Crippen LogP) is 4.73. The Kier molecular flexibility index (Phi) is 6.92. The van der Waals surface area contributed by atoms with Gasteiger partial charge in [-0.25, -0.2) is 4.90 Å². The smallest absolute Gasteiger partial charge is 0.325 e. The molecule has 1 aliphatic rings. The van der Waals surface area contributed by atoms with Gasteiger partial charge in [0.2, 0.25) is 11.1 Å². The fourth-order valence-electron chi connectivity index (χ4n) is 3.88. The number of thioether (sulfide) groups is 1. The lowest BCUT2D eigenvalue weighted by Crippen LogP contribution is -2.61. The van der Waals surface area contributed by atoms with Crippen LogP contribution in [0.15, 0.2) is 63.5 Å². The summed E-state index contributed by atoms with van der Waals surface area (Å²) in [4.78, 5) is 31.1. The summed E-state index contributed by atoms with van der Waals surface area (Å²) in [6, 6.07) is 10.7. The van der Waals surface area contributed by atoms with Gasteiger partial charge in [0, 0.05) is 22.3 Å². The zero-order valence-corrected chi connectivity index (χ0v) is 21.1. The number of H-pyrrole nitrogens is 1. The van der Waals surface area contributed by atoms with Crippen molar-refractivity contribution in [3.8, 4) is 17.0 Å². The number of hydrogen-bond donors (Lipinski definition) is 1. The van der Waals surface area contributed by atoms with Crippen molar-refractivity contribution in [2.45, 2.75) is 24.7 Å². The van der Waals surface area contributed by atoms with Crippen molar-refractivity contribution in [2.24, 2.45) is 0 Å². The van der Waals surface area contributed by atoms with Crippen LogP contribution >= 0.6 is 39.3 Å². The molecular weight excluding hydrogens is 528 g/mol. The molecule has 1 aromatic heterocycles. The van der Waals surface area contributed by atoms with Crippen molar-refractivity contribution < 1.29 is 14.2 Å². The van der Waals surface area contributed by atoms with E-state index in [0.717, 1.165) is 0 Å². The first-order chi connectivity index (χ1) is 15.9. The number of carbonyl (C=O) groups excluding carboxylic acids is 1. The first kappa shape index (κ1) is 23.5. The lowest BCUT2D eigenvalue weighted by Gasteiger charge is -2.32. The SMILES string of the molecule is C=CCSc1n[n+]2c(c(=O)[nH]1)-c1ccccc1N(C(=O)CC)[C@H]2c1cc(Cl)cc(Br)c1OC. The van der Waals surface area contributed by atoms with Crippen LogP contribution < -0.4 is 19.9 Å². The van der Waals surface area contributed by atoms with Gasteiger partial charge < -0.3 is 4.74 Å². The summed E-state index contributed by atoms with van der Waals surface area (Å²) in [5, 5.41) is 5.60. The fraction of sp³-hybridized carbons (Fsp3) is 0.217. The highest BCUT2D eigenvalue weighted by Gasteiger charge is 2.47. The highest BCUT2D eigenvalue weighted by atomic mass is 79.9. The molecule has 170 valence electrons. The van der Waals surface area contributed by atoms with Gasteiger partial charge in [0.05, 0.1) is 28.4 Å². The molecule has 2 heterocycles. The number of carbonyl (C=O) groups is 1. The standard InChI is InChI=1S/C23H20BrClN4O3S/c1-4-10-33-23-26-21(31)19-14-8-6-7-9-17(14)28(18(30)5-2)22(29(19)27-23)15-11-13(25)12-16(24)20(15)32-3/h4,6-9,11-12,22H,1,5,10H2,2-3H3/p+1/t22-/m1/s1. The molecule has 0 radical (unpaired) electrons. The molecule has 1 atom stereocenters. The zero-order valence-electron chi connectivity index (χ0n) is 18.0. The number of para-hydroxylation sites is 1. The quantitative estimate of drug-likeness (QED) is 0.274. The van der Waals surface area contributed by atoms with E-state index < -0.39 is 6.17 Å². The molecule has 2 aromatic carbocycles. The molecule has 0 unspecified atom stereocenters. The number of anilines is 1. The maximum atomic E-state index is 13.3. The number of amides is 1. The van der Waals surface area contributed by atoms with Gasteiger partial charge in [-0.15, -0.1) is 6.58 Å². The summed E-state index contributed by atoms with van der Waals surface area (Å²) in [5.74, 6) is 0.928. The lowest BCUT2D eigenvalue weighted by molar-refractivity contribution is -0.763. The summed E-state index contributed by atoms with van der Waals surface area (Å²) in [7, 11) is 1.54. The van der Waals surface area contributed by atoms with E-state index in [1.807, 2.05) is 24.3 Å². The van der Waals surface area contributed by atoms with E-state index in [1.165, 1.54) is 11.8 Å². The second-order valence-corrected chi connectivity index (χ2v) is 9.47. The largest absolute Gasteiger partial charge is 0.495 e. The highest BCUT2D eigenvalue weighted by Crippen LogP contribution is 2.43. The molecule has 0 saturated carbocycles. The Balaban J connectivity index is 2.11. The number of hydrogen-bond acceptors (Lipinski definition) is 5. The Hall–Kier alpha value is -2.62. The van der Waals surface area contributed by atoms with E-state index in [4.69, 9.17) is 21.4 Å². The third-order valence-electron chi connectivity index (χ3n) is 5.19. The van der Waals surface area contributed by atoms with Gasteiger partial charge >= 0.3 is 11.3 Å². The molecule has 0 fully saturated rings. The summed E-state index contributed by atoms with van der Waals surface area (Å²) in [5.41, 5.74) is 1.86. The number of rotatable bonds is 6. The summed E-state index contributed by atoms with van der Waals surface area (Å²) < 4.78 is 7.90. The number of halogens is 2. The van der Waals surface area contributed by atoms with Crippen LogP contribution in [0, 0.1) is 0 Å². The minimum Gasteiger partial charge on any atom is -0.495 e. The van der Waals surface area contributed by atoms with Gasteiger partial charge in [-0.1, -0.05) is 48.5 Å². The summed E-state index contributed by atoms with van der Waals surface area (Å²) in [6.07, 6.45) is 1.19. The van der Waals surface area contributed by atoms with Crippen LogP contribution in [-0.4, -0.2) is 28.9 Å². The molecule has 33 heavy (non-hydrogen) atoms. The molecule has 3 aromatic rings. The van der Waals surface area contributed by atoms with Gasteiger partial charge in [0.15, 0.2) is 0 Å². The highest BCUT2D eigenvalue weighted by molar-refractivity contribution is 9.10. The molecule has 0 spiro atoms. The average molecular weight is 549 g/mol. The monoisotopic (exact) mass is 547 g/mol. The van der Waals surface area contributed by atoms with Crippen molar-refractivity contribution in [1.29, 1.82) is 0 Å². The number of nitrogens with zero attached hydrogens (tertiary/aromatic N) is 3. The minimum atomic E-state index is -0.794. The van der Waals surface area contributed by atoms with E-state index >= 15 is 0 Å². The van der Waals surface area contributed by atoms with Crippen LogP contribution in [0.4, 0.5) is 5.69 Å². The lowest BCUT2D eigenvalue weighted by atomic mass is 10.0. The predicted molar refractivity (Wildman–Crippen MR) is 133 cm³/mol. The molecule has 0 bridgehead atoms. The topological polar surface area (TPSA) is 79.2 Å². The van der Waals surface area contributed by atoms with Crippen LogP contribution in [0.5, 0.6) is 5.75 Å². The fourth-order valence-corrected chi connectivity index (χ4v) is 5.47. The number of aromatic nitrogens is 3. The van der Waals surface area contributed by atoms with Crippen LogP contribution in [0.25, 0.3) is 11.3 Å². The van der Waals surface area contributed by atoms with Gasteiger partial charge in [0.25, 0.3) is 6.17 Å². The maximum absolute atomic E-state index is 13.3. The Bertz CT molecular complexity index is 1310. The third-order valence-corrected chi connectivity index (χ3v) is 6.85. The van der Waals surface area contributed by atoms with Crippen molar-refractivity contribution in [3.63, 3.8) is 0 Å². The van der Waals surface area contributed by atoms with Crippen LogP contribution in [0.2, 0.25) is 5.02 Å². The maximum Gasteiger partial charge on any atom is 0.325 e. The third kappa shape index (κ3) is 4.20. The van der Waals surface area contributed by atoms with E-state index in [2.05, 4.69) is 27.5 Å². The number of fused-ring (bicyclic) bond motifs is 3. The second-order valence-electron chi connectivity index (χ2n) is 7.17. The summed E-state index contributed by atoms with van der Waals surface area (Å²) in [6.45, 7) is 5.53. The number of benzene rings is 2. The molecule has 0 aliphatic carbocycles. The van der Waals surface area contributed by atoms with Crippen molar-refractivity contribution >= 4 is 50.9 Å². The van der Waals surface area contributed by atoms with Gasteiger partial charge in [-0.05, 0) is 44.9 Å². The minimum absolute atomic E-state index is 0.133. The number of nitrogens with one attached hydrogen (secondary N) is 1. The molecule has 10 heteroatoms. The first-order valence-electron chi connectivity index (χ1n) is 10.2. The van der Waals surface area contributed by atoms with E-state index in [-0.39, 0.29) is 17.9 Å².